The third kappa shape index (κ3) is 10.1. The molecule has 2 aromatic heterocycles. The lowest BCUT2D eigenvalue weighted by molar-refractivity contribution is -0.137. The lowest BCUT2D eigenvalue weighted by Gasteiger charge is -2.22. The first kappa shape index (κ1) is 61.8. The van der Waals surface area contributed by atoms with Gasteiger partial charge in [-0.25, -0.2) is 29.1 Å². The summed E-state index contributed by atoms with van der Waals surface area (Å²) in [6.07, 6.45) is -4.89. The number of nitrogens with zero attached hydrogens (tertiary/aromatic N) is 14. The molecule has 0 aliphatic carbocycles. The molecule has 0 spiro atoms. The van der Waals surface area contributed by atoms with Gasteiger partial charge in [-0.2, -0.15) is 44.7 Å². The van der Waals surface area contributed by atoms with E-state index in [2.05, 4.69) is 59.4 Å². The second-order valence-corrected chi connectivity index (χ2v) is 22.8. The molecule has 0 bridgehead atoms. The van der Waals surface area contributed by atoms with E-state index in [0.717, 1.165) is 6.07 Å². The topological polar surface area (TPSA) is 179 Å². The Morgan fingerprint density at radius 2 is 0.827 bits per heavy atom. The van der Waals surface area contributed by atoms with Gasteiger partial charge in [0.2, 0.25) is 0 Å². The fourth-order valence-electron chi connectivity index (χ4n) is 13.1. The monoisotopic (exact) mass is 1280 g/mol. The number of halogens is 4. The summed E-state index contributed by atoms with van der Waals surface area (Å²) < 4.78 is 51.1. The van der Waals surface area contributed by atoms with Crippen LogP contribution in [-0.2, 0) is 6.18 Å². The van der Waals surface area contributed by atoms with Gasteiger partial charge in [0.1, 0.15) is 0 Å². The first-order chi connectivity index (χ1) is 47.5. The van der Waals surface area contributed by atoms with Gasteiger partial charge in [0, 0.05) is 71.2 Å². The summed E-state index contributed by atoms with van der Waals surface area (Å²) in [6, 6.07) is 58.9. The molecule has 0 saturated heterocycles. The minimum absolute atomic E-state index is 0.0243. The number of aromatic nitrogens is 2. The van der Waals surface area contributed by atoms with Crippen molar-refractivity contribution in [1.29, 1.82) is 31.6 Å². The second-order valence-electron chi connectivity index (χ2n) is 22.4. The van der Waals surface area contributed by atoms with E-state index in [-0.39, 0.29) is 117 Å². The van der Waals surface area contributed by atoms with Gasteiger partial charge in [0.25, 0.3) is 0 Å². The van der Waals surface area contributed by atoms with Crippen LogP contribution in [0, 0.1) is 114 Å². The first-order valence-electron chi connectivity index (χ1n) is 29.2. The Labute approximate surface area is 561 Å². The molecule has 0 saturated carbocycles. The Kier molecular flexibility index (Phi) is 15.3. The Bertz CT molecular complexity index is 6120. The van der Waals surface area contributed by atoms with Gasteiger partial charge in [-0.15, -0.1) is 0 Å². The largest absolute Gasteiger partial charge is 0.417 e. The van der Waals surface area contributed by atoms with Crippen LogP contribution in [0.4, 0.5) is 47.3 Å². The maximum atomic E-state index is 15.8. The molecule has 0 N–H and O–H groups in total. The van der Waals surface area contributed by atoms with E-state index in [1.54, 1.807) is 116 Å². The Morgan fingerprint density at radius 3 is 1.32 bits per heavy atom. The molecule has 98 heavy (non-hydrogen) atoms. The molecular weight excluding hydrogens is 1250 g/mol. The fourth-order valence-corrected chi connectivity index (χ4v) is 13.4. The molecule has 0 amide bonds. The molecule has 11 aromatic carbocycles. The molecule has 0 unspecified atom stereocenters. The molecule has 0 fully saturated rings. The number of fused-ring (bicyclic) bond motifs is 6. The summed E-state index contributed by atoms with van der Waals surface area (Å²) in [7, 11) is 0. The number of nitriles is 6. The number of benzene rings is 11. The highest BCUT2D eigenvalue weighted by Gasteiger charge is 2.36. The van der Waals surface area contributed by atoms with Gasteiger partial charge in [-0.1, -0.05) is 66.2 Å². The highest BCUT2D eigenvalue weighted by atomic mass is 35.5. The SMILES string of the molecule is [C-]#[N+]c1cc(C#N)c(-c2ccc3c(c2)c2cc(-c4c(C#N)cc(C#N)cc4[N+]#[C-])ccc2n3-c2ccc(-c3c(C)cccc3C(F)(F)F)c(-c3cc(C#N)ccc3-n3c4ccc(-c5c(Cl)cc([N+]#[C-])cc5[N+]#[C-])cc4c4cc(-c5c(C#N)cc([N+]#[C-])cc5[N+]#[C-])ccc43)c2)c(C#N)c1. The van der Waals surface area contributed by atoms with E-state index >= 15 is 13.2 Å². The van der Waals surface area contributed by atoms with Crippen LogP contribution < -0.4 is 0 Å². The van der Waals surface area contributed by atoms with Crippen molar-refractivity contribution >= 4 is 89.3 Å². The molecule has 0 aliphatic rings. The van der Waals surface area contributed by atoms with Gasteiger partial charge < -0.3 is 9.13 Å². The highest BCUT2D eigenvalue weighted by Crippen LogP contribution is 2.50. The normalized spacial score (nSPS) is 10.8. The summed E-state index contributed by atoms with van der Waals surface area (Å²) in [5.41, 5.74) is 6.14. The van der Waals surface area contributed by atoms with Crippen molar-refractivity contribution in [3.8, 4) is 115 Å². The van der Waals surface area contributed by atoms with Crippen molar-refractivity contribution in [3.05, 3.63) is 294 Å². The van der Waals surface area contributed by atoms with Gasteiger partial charge >= 0.3 is 6.18 Å². The van der Waals surface area contributed by atoms with Crippen molar-refractivity contribution in [2.75, 3.05) is 0 Å². The Hall–Kier alpha value is -15.0. The zero-order valence-electron chi connectivity index (χ0n) is 50.5. The zero-order chi connectivity index (χ0) is 69.0. The quantitative estimate of drug-likeness (QED) is 0.137. The van der Waals surface area contributed by atoms with Crippen molar-refractivity contribution in [2.45, 2.75) is 13.1 Å². The van der Waals surface area contributed by atoms with Crippen molar-refractivity contribution in [2.24, 2.45) is 0 Å². The molecular formula is C80H32ClF3N14. The second kappa shape index (κ2) is 24.2. The van der Waals surface area contributed by atoms with Gasteiger partial charge in [0.05, 0.1) is 131 Å². The predicted octanol–water partition coefficient (Wildman–Crippen LogP) is 22.4. The van der Waals surface area contributed by atoms with Crippen LogP contribution >= 0.6 is 11.6 Å². The van der Waals surface area contributed by atoms with Crippen LogP contribution in [0.2, 0.25) is 5.02 Å². The Morgan fingerprint density at radius 1 is 0.378 bits per heavy atom. The average Bonchev–Trinajstić information content (AvgIpc) is 1.56. The zero-order valence-corrected chi connectivity index (χ0v) is 51.3. The highest BCUT2D eigenvalue weighted by molar-refractivity contribution is 6.34. The number of hydrogen-bond acceptors (Lipinski definition) is 6. The van der Waals surface area contributed by atoms with Crippen LogP contribution in [0.5, 0.6) is 0 Å². The number of rotatable bonds is 8. The number of alkyl halides is 3. The van der Waals surface area contributed by atoms with E-state index in [4.69, 9.17) is 51.0 Å². The number of aryl methyl sites for hydroxylation is 1. The molecule has 14 nitrogen and oxygen atoms in total. The first-order valence-corrected chi connectivity index (χ1v) is 29.5. The molecule has 0 aliphatic heterocycles. The maximum absolute atomic E-state index is 15.8. The minimum atomic E-state index is -4.89. The average molecular weight is 1280 g/mol. The summed E-state index contributed by atoms with van der Waals surface area (Å²) in [4.78, 5) is 21.7. The van der Waals surface area contributed by atoms with E-state index in [1.165, 1.54) is 54.6 Å². The fraction of sp³-hybridized carbons (Fsp3) is 0.0250. The predicted molar refractivity (Wildman–Crippen MR) is 368 cm³/mol. The van der Waals surface area contributed by atoms with Gasteiger partial charge in [-0.3, -0.25) is 0 Å². The smallest absolute Gasteiger partial charge is 0.309 e. The minimum Gasteiger partial charge on any atom is -0.309 e. The van der Waals surface area contributed by atoms with Crippen LogP contribution in [0.25, 0.3) is 151 Å². The standard InChI is InChI=1S/C80H32ClF3N14/c1-43-9-8-10-65(80(82,83)84)75(43)58-17-16-57(97-70-19-12-46(76-51(40-88)26-54(91-2)27-52(76)41-89)29-61(70)62-30-47(13-20-71(62)97)77-50(39-87)23-45(38-86)25-67(77)94-5)36-59(58)60-24-44(37-85)11-18-72(60)98-73-21-14-48(78-53(42-90)28-55(92-3)34-68(78)95-6)31-63(73)64-32-49(15-22-74(64)98)79-66(81)33-56(93-4)35-69(79)96-7/h8-36H,1H3. The van der Waals surface area contributed by atoms with Crippen molar-refractivity contribution < 1.29 is 13.2 Å². The van der Waals surface area contributed by atoms with Gasteiger partial charge in [-0.05, 0) is 173 Å². The summed E-state index contributed by atoms with van der Waals surface area (Å²) >= 11 is 6.94. The Balaban J connectivity index is 1.15. The van der Waals surface area contributed by atoms with E-state index in [1.807, 2.05) is 21.3 Å². The molecule has 2 heterocycles. The summed E-state index contributed by atoms with van der Waals surface area (Å²) in [5, 5.41) is 65.0. The van der Waals surface area contributed by atoms with Gasteiger partial charge in [0.15, 0.2) is 34.1 Å². The lowest BCUT2D eigenvalue weighted by Crippen LogP contribution is -2.09. The van der Waals surface area contributed by atoms with Crippen LogP contribution in [0.15, 0.2) is 176 Å². The third-order valence-corrected chi connectivity index (χ3v) is 17.5. The van der Waals surface area contributed by atoms with Crippen LogP contribution in [-0.4, -0.2) is 9.13 Å². The van der Waals surface area contributed by atoms with Crippen molar-refractivity contribution in [1.82, 2.24) is 9.13 Å². The molecule has 13 rings (SSSR count). The molecule has 0 atom stereocenters. The van der Waals surface area contributed by atoms with E-state index in [9.17, 15) is 31.6 Å². The third-order valence-electron chi connectivity index (χ3n) is 17.2. The number of hydrogen-bond donors (Lipinski definition) is 0. The van der Waals surface area contributed by atoms with Crippen molar-refractivity contribution in [3.63, 3.8) is 0 Å². The molecule has 0 radical (unpaired) electrons. The lowest BCUT2D eigenvalue weighted by atomic mass is 9.87. The molecule has 13 aromatic rings. The summed E-state index contributed by atoms with van der Waals surface area (Å²) in [6.45, 7) is 49.2. The van der Waals surface area contributed by atoms with E-state index < -0.39 is 11.7 Å². The van der Waals surface area contributed by atoms with E-state index in [0.29, 0.717) is 82.8 Å². The van der Waals surface area contributed by atoms with Crippen LogP contribution in [0.1, 0.15) is 44.5 Å². The molecule has 450 valence electrons. The van der Waals surface area contributed by atoms with Crippen LogP contribution in [0.3, 0.4) is 0 Å². The summed E-state index contributed by atoms with van der Waals surface area (Å²) in [5.74, 6) is 0. The maximum Gasteiger partial charge on any atom is 0.417 e. The molecule has 18 heteroatoms.